The molecule has 2 N–H and O–H groups in total. The summed E-state index contributed by atoms with van der Waals surface area (Å²) in [4.78, 5) is 12.0. The van der Waals surface area contributed by atoms with Gasteiger partial charge in [-0.15, -0.1) is 0 Å². The highest BCUT2D eigenvalue weighted by Crippen LogP contribution is 2.35. The summed E-state index contributed by atoms with van der Waals surface area (Å²) in [5.41, 5.74) is 1.22. The summed E-state index contributed by atoms with van der Waals surface area (Å²) in [7, 11) is 0. The van der Waals surface area contributed by atoms with Crippen LogP contribution >= 0.6 is 0 Å². The van der Waals surface area contributed by atoms with Crippen molar-refractivity contribution in [3.8, 4) is 0 Å². The van der Waals surface area contributed by atoms with Gasteiger partial charge in [-0.3, -0.25) is 5.32 Å². The van der Waals surface area contributed by atoms with Crippen LogP contribution < -0.4 is 5.32 Å². The Morgan fingerprint density at radius 1 is 1.42 bits per heavy atom. The fourth-order valence-electron chi connectivity index (χ4n) is 2.95. The summed E-state index contributed by atoms with van der Waals surface area (Å²) >= 11 is 0. The Morgan fingerprint density at radius 3 is 2.84 bits per heavy atom. The van der Waals surface area contributed by atoms with E-state index in [2.05, 4.69) is 25.2 Å². The van der Waals surface area contributed by atoms with Crippen molar-refractivity contribution in [1.82, 2.24) is 5.32 Å². The SMILES string of the molecule is CCC(C)NC1(C(=O)O)CCCCc2ccccc21. The predicted octanol–water partition coefficient (Wildman–Crippen LogP) is 3.08. The molecule has 104 valence electrons. The van der Waals surface area contributed by atoms with Crippen molar-refractivity contribution in [2.75, 3.05) is 0 Å². The number of carboxylic acid groups (broad SMARTS) is 1. The predicted molar refractivity (Wildman–Crippen MR) is 76.2 cm³/mol. The minimum absolute atomic E-state index is 0.197. The van der Waals surface area contributed by atoms with Crippen LogP contribution in [0.15, 0.2) is 24.3 Å². The third kappa shape index (κ3) is 2.66. The van der Waals surface area contributed by atoms with Crippen molar-refractivity contribution in [2.45, 2.75) is 57.5 Å². The minimum Gasteiger partial charge on any atom is -0.480 e. The molecule has 1 aliphatic rings. The van der Waals surface area contributed by atoms with Gasteiger partial charge in [-0.2, -0.15) is 0 Å². The maximum absolute atomic E-state index is 12.0. The third-order valence-corrected chi connectivity index (χ3v) is 4.20. The van der Waals surface area contributed by atoms with Crippen LogP contribution in [-0.4, -0.2) is 17.1 Å². The number of hydrogen-bond acceptors (Lipinski definition) is 2. The molecular weight excluding hydrogens is 238 g/mol. The first-order valence-corrected chi connectivity index (χ1v) is 7.19. The molecule has 0 radical (unpaired) electrons. The first-order chi connectivity index (χ1) is 9.10. The van der Waals surface area contributed by atoms with Crippen LogP contribution in [0.5, 0.6) is 0 Å². The van der Waals surface area contributed by atoms with Crippen molar-refractivity contribution < 1.29 is 9.90 Å². The van der Waals surface area contributed by atoms with Gasteiger partial charge in [-0.05, 0) is 43.7 Å². The molecule has 0 fully saturated rings. The zero-order chi connectivity index (χ0) is 13.9. The molecule has 1 aliphatic carbocycles. The fourth-order valence-corrected chi connectivity index (χ4v) is 2.95. The lowest BCUT2D eigenvalue weighted by atomic mass is 9.83. The molecule has 0 amide bonds. The van der Waals surface area contributed by atoms with E-state index in [1.54, 1.807) is 0 Å². The Morgan fingerprint density at radius 2 is 2.16 bits per heavy atom. The minimum atomic E-state index is -0.914. The van der Waals surface area contributed by atoms with Gasteiger partial charge in [0.15, 0.2) is 0 Å². The molecule has 0 bridgehead atoms. The van der Waals surface area contributed by atoms with E-state index >= 15 is 0 Å². The van der Waals surface area contributed by atoms with Gasteiger partial charge in [-0.25, -0.2) is 4.79 Å². The maximum atomic E-state index is 12.0. The van der Waals surface area contributed by atoms with Gasteiger partial charge in [0.2, 0.25) is 0 Å². The van der Waals surface area contributed by atoms with E-state index in [-0.39, 0.29) is 6.04 Å². The van der Waals surface area contributed by atoms with E-state index < -0.39 is 11.5 Å². The first kappa shape index (κ1) is 14.1. The Hall–Kier alpha value is -1.35. The standard InChI is InChI=1S/C16H23NO2/c1-3-12(2)17-16(15(18)19)11-7-6-9-13-8-4-5-10-14(13)16/h4-5,8,10,12,17H,3,6-7,9,11H2,1-2H3,(H,18,19). The Balaban J connectivity index is 2.49. The zero-order valence-corrected chi connectivity index (χ0v) is 11.8. The Kier molecular flexibility index (Phi) is 4.25. The topological polar surface area (TPSA) is 49.3 Å². The van der Waals surface area contributed by atoms with Crippen molar-refractivity contribution in [3.63, 3.8) is 0 Å². The summed E-state index contributed by atoms with van der Waals surface area (Å²) in [6.45, 7) is 4.13. The van der Waals surface area contributed by atoms with E-state index in [1.165, 1.54) is 5.56 Å². The molecule has 0 heterocycles. The van der Waals surface area contributed by atoms with E-state index in [9.17, 15) is 9.90 Å². The third-order valence-electron chi connectivity index (χ3n) is 4.20. The van der Waals surface area contributed by atoms with Crippen LogP contribution in [0.2, 0.25) is 0 Å². The number of fused-ring (bicyclic) bond motifs is 1. The number of aryl methyl sites for hydroxylation is 1. The lowest BCUT2D eigenvalue weighted by molar-refractivity contribution is -0.146. The summed E-state index contributed by atoms with van der Waals surface area (Å²) < 4.78 is 0. The van der Waals surface area contributed by atoms with Gasteiger partial charge in [-0.1, -0.05) is 37.6 Å². The molecule has 0 saturated heterocycles. The van der Waals surface area contributed by atoms with E-state index in [0.29, 0.717) is 6.42 Å². The average molecular weight is 261 g/mol. The number of carboxylic acids is 1. The molecular formula is C16H23NO2. The molecule has 0 aromatic heterocycles. The molecule has 2 atom stereocenters. The normalized spacial score (nSPS) is 24.3. The van der Waals surface area contributed by atoms with Gasteiger partial charge in [0.1, 0.15) is 5.54 Å². The lowest BCUT2D eigenvalue weighted by Gasteiger charge is -2.34. The summed E-state index contributed by atoms with van der Waals surface area (Å²) in [6.07, 6.45) is 4.59. The second kappa shape index (κ2) is 5.74. The zero-order valence-electron chi connectivity index (χ0n) is 11.8. The number of nitrogens with one attached hydrogen (secondary N) is 1. The largest absolute Gasteiger partial charge is 0.480 e. The van der Waals surface area contributed by atoms with Crippen LogP contribution in [0.1, 0.15) is 50.7 Å². The highest BCUT2D eigenvalue weighted by atomic mass is 16.4. The molecule has 2 unspecified atom stereocenters. The molecule has 3 heteroatoms. The maximum Gasteiger partial charge on any atom is 0.328 e. The van der Waals surface area contributed by atoms with Gasteiger partial charge in [0.25, 0.3) is 0 Å². The average Bonchev–Trinajstić information content (AvgIpc) is 2.60. The second-order valence-corrected chi connectivity index (χ2v) is 5.53. The molecule has 0 saturated carbocycles. The van der Waals surface area contributed by atoms with Crippen molar-refractivity contribution in [3.05, 3.63) is 35.4 Å². The molecule has 2 rings (SSSR count). The number of rotatable bonds is 4. The van der Waals surface area contributed by atoms with Crippen LogP contribution in [0.4, 0.5) is 0 Å². The highest BCUT2D eigenvalue weighted by molar-refractivity contribution is 5.81. The molecule has 1 aromatic carbocycles. The molecule has 1 aromatic rings. The molecule has 19 heavy (non-hydrogen) atoms. The Labute approximate surface area is 115 Å². The number of benzene rings is 1. The van der Waals surface area contributed by atoms with Crippen LogP contribution in [0.25, 0.3) is 0 Å². The second-order valence-electron chi connectivity index (χ2n) is 5.53. The van der Waals surface area contributed by atoms with Crippen molar-refractivity contribution in [2.24, 2.45) is 0 Å². The monoisotopic (exact) mass is 261 g/mol. The van der Waals surface area contributed by atoms with Crippen molar-refractivity contribution in [1.29, 1.82) is 0 Å². The number of carbonyl (C=O) groups is 1. The van der Waals surface area contributed by atoms with E-state index in [1.807, 2.05) is 18.2 Å². The van der Waals surface area contributed by atoms with E-state index in [4.69, 9.17) is 0 Å². The Bertz CT molecular complexity index is 458. The molecule has 0 spiro atoms. The van der Waals surface area contributed by atoms with Gasteiger partial charge in [0.05, 0.1) is 0 Å². The van der Waals surface area contributed by atoms with Gasteiger partial charge in [0, 0.05) is 6.04 Å². The summed E-state index contributed by atoms with van der Waals surface area (Å²) in [6, 6.07) is 8.18. The quantitative estimate of drug-likeness (QED) is 0.819. The molecule has 3 nitrogen and oxygen atoms in total. The van der Waals surface area contributed by atoms with E-state index in [0.717, 1.165) is 31.2 Å². The molecule has 0 aliphatic heterocycles. The number of hydrogen-bond donors (Lipinski definition) is 2. The van der Waals surface area contributed by atoms with Crippen LogP contribution in [0.3, 0.4) is 0 Å². The smallest absolute Gasteiger partial charge is 0.328 e. The fraction of sp³-hybridized carbons (Fsp3) is 0.562. The van der Waals surface area contributed by atoms with Crippen molar-refractivity contribution >= 4 is 5.97 Å². The lowest BCUT2D eigenvalue weighted by Crippen LogP contribution is -2.52. The van der Waals surface area contributed by atoms with Crippen LogP contribution in [-0.2, 0) is 16.8 Å². The van der Waals surface area contributed by atoms with Gasteiger partial charge >= 0.3 is 5.97 Å². The number of aliphatic carboxylic acids is 1. The van der Waals surface area contributed by atoms with Crippen LogP contribution in [0, 0.1) is 0 Å². The summed E-state index contributed by atoms with van der Waals surface area (Å²) in [5, 5.41) is 13.2. The highest BCUT2D eigenvalue weighted by Gasteiger charge is 2.42. The summed E-state index contributed by atoms with van der Waals surface area (Å²) in [5.74, 6) is -0.748. The first-order valence-electron chi connectivity index (χ1n) is 7.19. The van der Waals surface area contributed by atoms with Gasteiger partial charge < -0.3 is 5.11 Å².